The van der Waals surface area contributed by atoms with Crippen LogP contribution in [0.5, 0.6) is 17.2 Å². The Morgan fingerprint density at radius 2 is 1.69 bits per heavy atom. The predicted octanol–water partition coefficient (Wildman–Crippen LogP) is 3.86. The van der Waals surface area contributed by atoms with Crippen molar-refractivity contribution in [3.8, 4) is 17.2 Å². The fourth-order valence-electron chi connectivity index (χ4n) is 2.48. The number of anilines is 1. The van der Waals surface area contributed by atoms with Crippen molar-refractivity contribution in [1.29, 1.82) is 0 Å². The number of hydrogen-bond acceptors (Lipinski definition) is 4. The number of carbonyl (C=O) groups is 1. The van der Waals surface area contributed by atoms with Crippen molar-refractivity contribution >= 4 is 11.7 Å². The highest BCUT2D eigenvalue weighted by atomic mass is 16.5. The van der Waals surface area contributed by atoms with Crippen LogP contribution in [0.2, 0.25) is 0 Å². The molecule has 0 aliphatic rings. The second kappa shape index (κ2) is 10.2. The lowest BCUT2D eigenvalue weighted by molar-refractivity contribution is 0.252. The largest absolute Gasteiger partial charge is 0.493 e. The molecule has 2 amide bonds. The van der Waals surface area contributed by atoms with Crippen molar-refractivity contribution in [3.63, 3.8) is 0 Å². The Hall–Kier alpha value is -2.89. The zero-order chi connectivity index (χ0) is 18.8. The van der Waals surface area contributed by atoms with E-state index in [0.29, 0.717) is 43.4 Å². The molecule has 0 saturated carbocycles. The summed E-state index contributed by atoms with van der Waals surface area (Å²) in [7, 11) is 1.61. The molecule has 2 aromatic rings. The molecular weight excluding hydrogens is 332 g/mol. The molecule has 0 saturated heterocycles. The summed E-state index contributed by atoms with van der Waals surface area (Å²) in [6.45, 7) is 5.46. The summed E-state index contributed by atoms with van der Waals surface area (Å²) < 4.78 is 16.3. The Morgan fingerprint density at radius 3 is 2.42 bits per heavy atom. The number of para-hydroxylation sites is 2. The van der Waals surface area contributed by atoms with Gasteiger partial charge in [-0.25, -0.2) is 4.79 Å². The maximum atomic E-state index is 12.1. The van der Waals surface area contributed by atoms with Gasteiger partial charge in [0.05, 0.1) is 26.0 Å². The van der Waals surface area contributed by atoms with Crippen molar-refractivity contribution in [2.45, 2.75) is 20.3 Å². The molecule has 140 valence electrons. The van der Waals surface area contributed by atoms with E-state index < -0.39 is 0 Å². The number of benzene rings is 2. The fourth-order valence-corrected chi connectivity index (χ4v) is 2.48. The molecule has 6 heteroatoms. The van der Waals surface area contributed by atoms with Gasteiger partial charge in [0.15, 0.2) is 11.5 Å². The van der Waals surface area contributed by atoms with Crippen LogP contribution < -0.4 is 24.8 Å². The first-order valence-electron chi connectivity index (χ1n) is 8.74. The summed E-state index contributed by atoms with van der Waals surface area (Å²) in [6.07, 6.45) is 0.684. The molecule has 0 atom stereocenters. The summed E-state index contributed by atoms with van der Waals surface area (Å²) in [5, 5.41) is 5.66. The molecule has 0 aliphatic heterocycles. The van der Waals surface area contributed by atoms with Gasteiger partial charge in [-0.05, 0) is 50.1 Å². The van der Waals surface area contributed by atoms with Gasteiger partial charge in [-0.2, -0.15) is 0 Å². The minimum absolute atomic E-state index is 0.268. The quantitative estimate of drug-likeness (QED) is 0.714. The molecular formula is C20H26N2O4. The number of amides is 2. The predicted molar refractivity (Wildman–Crippen MR) is 102 cm³/mol. The molecule has 0 aromatic heterocycles. The average Bonchev–Trinajstić information content (AvgIpc) is 2.65. The van der Waals surface area contributed by atoms with Gasteiger partial charge < -0.3 is 24.8 Å². The molecule has 2 aromatic carbocycles. The van der Waals surface area contributed by atoms with E-state index >= 15 is 0 Å². The van der Waals surface area contributed by atoms with Crippen molar-refractivity contribution in [2.75, 3.05) is 32.2 Å². The number of nitrogens with one attached hydrogen (secondary N) is 2. The Bertz CT molecular complexity index is 719. The summed E-state index contributed by atoms with van der Waals surface area (Å²) >= 11 is 0. The lowest BCUT2D eigenvalue weighted by atomic mass is 10.1. The maximum absolute atomic E-state index is 12.1. The molecule has 0 fully saturated rings. The molecule has 0 heterocycles. The minimum Gasteiger partial charge on any atom is -0.493 e. The molecule has 2 rings (SSSR count). The Labute approximate surface area is 154 Å². The first-order chi connectivity index (χ1) is 12.7. The number of ether oxygens (including phenoxy) is 3. The average molecular weight is 358 g/mol. The summed E-state index contributed by atoms with van der Waals surface area (Å²) in [6, 6.07) is 12.9. The zero-order valence-electron chi connectivity index (χ0n) is 15.5. The van der Waals surface area contributed by atoms with Crippen LogP contribution in [0, 0.1) is 0 Å². The number of methoxy groups -OCH3 is 1. The summed E-state index contributed by atoms with van der Waals surface area (Å²) in [5.74, 6) is 2.07. The van der Waals surface area contributed by atoms with Gasteiger partial charge in [-0.15, -0.1) is 0 Å². The monoisotopic (exact) mass is 358 g/mol. The van der Waals surface area contributed by atoms with E-state index in [4.69, 9.17) is 14.2 Å². The third kappa shape index (κ3) is 5.58. The molecule has 0 aliphatic carbocycles. The van der Waals surface area contributed by atoms with E-state index in [0.717, 1.165) is 11.3 Å². The van der Waals surface area contributed by atoms with Gasteiger partial charge in [-0.1, -0.05) is 18.2 Å². The number of hydrogen-bond donors (Lipinski definition) is 2. The number of rotatable bonds is 9. The van der Waals surface area contributed by atoms with E-state index in [2.05, 4.69) is 10.6 Å². The van der Waals surface area contributed by atoms with Crippen molar-refractivity contribution < 1.29 is 19.0 Å². The smallest absolute Gasteiger partial charge is 0.319 e. The fraction of sp³-hybridized carbons (Fsp3) is 0.350. The van der Waals surface area contributed by atoms with E-state index in [1.807, 2.05) is 56.3 Å². The lowest BCUT2D eigenvalue weighted by Gasteiger charge is -2.13. The minimum atomic E-state index is -0.268. The van der Waals surface area contributed by atoms with E-state index in [1.54, 1.807) is 7.11 Å². The third-order valence-electron chi connectivity index (χ3n) is 3.66. The summed E-state index contributed by atoms with van der Waals surface area (Å²) in [5.41, 5.74) is 1.70. The van der Waals surface area contributed by atoms with Gasteiger partial charge in [0.1, 0.15) is 5.75 Å². The van der Waals surface area contributed by atoms with Gasteiger partial charge in [0.2, 0.25) is 0 Å². The normalized spacial score (nSPS) is 10.1. The van der Waals surface area contributed by atoms with Crippen LogP contribution in [0.15, 0.2) is 42.5 Å². The molecule has 0 unspecified atom stereocenters. The van der Waals surface area contributed by atoms with Crippen molar-refractivity contribution in [1.82, 2.24) is 5.32 Å². The Kier molecular flexibility index (Phi) is 7.61. The van der Waals surface area contributed by atoms with Crippen LogP contribution in [0.25, 0.3) is 0 Å². The van der Waals surface area contributed by atoms with Gasteiger partial charge in [0.25, 0.3) is 0 Å². The van der Waals surface area contributed by atoms with Crippen LogP contribution in [0.3, 0.4) is 0 Å². The molecule has 6 nitrogen and oxygen atoms in total. The highest BCUT2D eigenvalue weighted by molar-refractivity contribution is 5.90. The zero-order valence-corrected chi connectivity index (χ0v) is 15.5. The van der Waals surface area contributed by atoms with Crippen LogP contribution in [-0.4, -0.2) is 32.9 Å². The number of carbonyl (C=O) groups excluding carboxylic acids is 1. The second-order valence-corrected chi connectivity index (χ2v) is 5.48. The van der Waals surface area contributed by atoms with E-state index in [1.165, 1.54) is 0 Å². The Morgan fingerprint density at radius 1 is 0.962 bits per heavy atom. The van der Waals surface area contributed by atoms with Gasteiger partial charge >= 0.3 is 6.03 Å². The standard InChI is InChI=1S/C20H26N2O4/c1-4-25-17-9-7-6-8-16(17)22-20(23)21-13-12-15-10-11-18(26-5-2)19(14-15)24-3/h6-11,14H,4-5,12-13H2,1-3H3,(H2,21,22,23). The van der Waals surface area contributed by atoms with Gasteiger partial charge in [-0.3, -0.25) is 0 Å². The highest BCUT2D eigenvalue weighted by Gasteiger charge is 2.08. The first-order valence-corrected chi connectivity index (χ1v) is 8.74. The molecule has 0 bridgehead atoms. The molecule has 0 radical (unpaired) electrons. The molecule has 0 spiro atoms. The van der Waals surface area contributed by atoms with E-state index in [-0.39, 0.29) is 6.03 Å². The van der Waals surface area contributed by atoms with Crippen molar-refractivity contribution in [2.24, 2.45) is 0 Å². The van der Waals surface area contributed by atoms with Crippen LogP contribution in [0.4, 0.5) is 10.5 Å². The van der Waals surface area contributed by atoms with Crippen LogP contribution in [0.1, 0.15) is 19.4 Å². The molecule has 2 N–H and O–H groups in total. The number of urea groups is 1. The van der Waals surface area contributed by atoms with Crippen LogP contribution >= 0.6 is 0 Å². The highest BCUT2D eigenvalue weighted by Crippen LogP contribution is 2.28. The SMILES string of the molecule is CCOc1ccccc1NC(=O)NCCc1ccc(OCC)c(OC)c1. The third-order valence-corrected chi connectivity index (χ3v) is 3.66. The van der Waals surface area contributed by atoms with E-state index in [9.17, 15) is 4.79 Å². The molecule has 26 heavy (non-hydrogen) atoms. The van der Waals surface area contributed by atoms with Crippen molar-refractivity contribution in [3.05, 3.63) is 48.0 Å². The first kappa shape index (κ1) is 19.4. The second-order valence-electron chi connectivity index (χ2n) is 5.48. The van der Waals surface area contributed by atoms with Crippen LogP contribution in [-0.2, 0) is 6.42 Å². The summed E-state index contributed by atoms with van der Waals surface area (Å²) in [4.78, 5) is 12.1. The maximum Gasteiger partial charge on any atom is 0.319 e. The lowest BCUT2D eigenvalue weighted by Crippen LogP contribution is -2.30. The van der Waals surface area contributed by atoms with Gasteiger partial charge in [0, 0.05) is 6.54 Å². The topological polar surface area (TPSA) is 68.8 Å². The Balaban J connectivity index is 1.87.